The van der Waals surface area contributed by atoms with Crippen LogP contribution in [0.4, 0.5) is 20.9 Å². The first kappa shape index (κ1) is 29.1. The molecule has 3 heterocycles. The molecule has 0 fully saturated rings. The van der Waals surface area contributed by atoms with Crippen LogP contribution in [0.25, 0.3) is 21.1 Å². The Morgan fingerprint density at radius 3 is 2.69 bits per heavy atom. The lowest BCUT2D eigenvalue weighted by Crippen LogP contribution is -2.10. The van der Waals surface area contributed by atoms with Crippen LogP contribution in [0.2, 0.25) is 0 Å². The maximum Gasteiger partial charge on any atom is 0.305 e. The molecule has 0 saturated carbocycles. The molecular weight excluding hydrogens is 555 g/mol. The second kappa shape index (κ2) is 13.5. The van der Waals surface area contributed by atoms with Crippen molar-refractivity contribution in [3.63, 3.8) is 0 Å². The predicted octanol–water partition coefficient (Wildman–Crippen LogP) is 7.12. The lowest BCUT2D eigenvalue weighted by molar-refractivity contribution is -0.143. The third-order valence-corrected chi connectivity index (χ3v) is 8.06. The molecule has 2 aromatic carbocycles. The molecule has 5 rings (SSSR count). The van der Waals surface area contributed by atoms with Gasteiger partial charge in [0.05, 0.1) is 30.3 Å². The largest absolute Gasteiger partial charge is 0.466 e. The lowest BCUT2D eigenvalue weighted by Gasteiger charge is -2.09. The molecule has 0 atom stereocenters. The molecule has 1 amide bonds. The van der Waals surface area contributed by atoms with Gasteiger partial charge in [0.1, 0.15) is 27.8 Å². The van der Waals surface area contributed by atoms with Crippen molar-refractivity contribution < 1.29 is 18.7 Å². The molecule has 0 radical (unpaired) electrons. The monoisotopic (exact) mass is 588 g/mol. The van der Waals surface area contributed by atoms with Gasteiger partial charge in [-0.25, -0.2) is 14.4 Å². The summed E-state index contributed by atoms with van der Waals surface area (Å²) in [5, 5.41) is 13.5. The number of benzene rings is 2. The molecule has 5 aromatic rings. The molecule has 11 heteroatoms. The fourth-order valence-electron chi connectivity index (χ4n) is 4.85. The van der Waals surface area contributed by atoms with E-state index < -0.39 is 0 Å². The molecule has 3 aromatic heterocycles. The van der Waals surface area contributed by atoms with Gasteiger partial charge < -0.3 is 15.4 Å². The summed E-state index contributed by atoms with van der Waals surface area (Å²) in [4.78, 5) is 33.8. The topological polar surface area (TPSA) is 111 Å². The maximum atomic E-state index is 13.6. The fraction of sp³-hybridized carbons (Fsp3) is 0.323. The Bertz CT molecular complexity index is 1720. The summed E-state index contributed by atoms with van der Waals surface area (Å²) in [7, 11) is 0. The van der Waals surface area contributed by atoms with Gasteiger partial charge in [-0.05, 0) is 68.1 Å². The summed E-state index contributed by atoms with van der Waals surface area (Å²) in [5.41, 5.74) is 3.53. The molecule has 218 valence electrons. The minimum atomic E-state index is -0.266. The molecule has 0 unspecified atom stereocenters. The van der Waals surface area contributed by atoms with E-state index >= 15 is 0 Å². The Balaban J connectivity index is 1.21. The number of amides is 1. The number of rotatable bonds is 13. The summed E-state index contributed by atoms with van der Waals surface area (Å²) in [5.74, 6) is 0.180. The van der Waals surface area contributed by atoms with E-state index in [1.54, 1.807) is 19.2 Å². The number of nitrogens with one attached hydrogen (secondary N) is 2. The summed E-state index contributed by atoms with van der Waals surface area (Å²) >= 11 is 1.43. The van der Waals surface area contributed by atoms with Crippen LogP contribution in [-0.2, 0) is 20.9 Å². The Kier molecular flexibility index (Phi) is 9.38. The van der Waals surface area contributed by atoms with Gasteiger partial charge in [-0.2, -0.15) is 5.10 Å². The SMILES string of the molecule is CCOC(=O)CCCCCCC(=O)Nc1sc2ncnc(Nc3ccc4c(cnn4Cc4cccc(F)c4)c3)c2c1C. The highest BCUT2D eigenvalue weighted by atomic mass is 32.1. The van der Waals surface area contributed by atoms with Gasteiger partial charge in [0.2, 0.25) is 5.91 Å². The van der Waals surface area contributed by atoms with E-state index in [1.807, 2.05) is 35.9 Å². The summed E-state index contributed by atoms with van der Waals surface area (Å²) < 4.78 is 20.4. The number of hydrogen-bond acceptors (Lipinski definition) is 8. The van der Waals surface area contributed by atoms with E-state index in [1.165, 1.54) is 29.8 Å². The van der Waals surface area contributed by atoms with Crippen molar-refractivity contribution >= 4 is 60.8 Å². The molecule has 0 spiro atoms. The number of carbonyl (C=O) groups excluding carboxylic acids is 2. The van der Waals surface area contributed by atoms with Gasteiger partial charge in [-0.3, -0.25) is 14.3 Å². The first-order valence-electron chi connectivity index (χ1n) is 14.1. The number of carbonyl (C=O) groups is 2. The average molecular weight is 589 g/mol. The van der Waals surface area contributed by atoms with E-state index in [2.05, 4.69) is 25.7 Å². The van der Waals surface area contributed by atoms with E-state index in [0.29, 0.717) is 31.8 Å². The van der Waals surface area contributed by atoms with Crippen molar-refractivity contribution in [2.45, 2.75) is 58.9 Å². The Morgan fingerprint density at radius 1 is 1.05 bits per heavy atom. The number of esters is 1. The first-order valence-corrected chi connectivity index (χ1v) is 14.9. The third-order valence-electron chi connectivity index (χ3n) is 6.95. The standard InChI is InChI=1S/C31H33FN6O3S/c1-3-41-27(40)12-7-5-4-6-11-26(39)37-30-20(2)28-29(33-19-34-31(28)42-30)36-24-13-14-25-22(16-24)17-35-38(25)18-21-9-8-10-23(32)15-21/h8-10,13-17,19H,3-7,11-12,18H2,1-2H3,(H,37,39)(H,33,34,36). The van der Waals surface area contributed by atoms with Gasteiger partial charge >= 0.3 is 5.97 Å². The van der Waals surface area contributed by atoms with Crippen molar-refractivity contribution in [3.05, 3.63) is 71.9 Å². The van der Waals surface area contributed by atoms with Crippen LogP contribution in [0.5, 0.6) is 0 Å². The van der Waals surface area contributed by atoms with Gasteiger partial charge in [0.15, 0.2) is 0 Å². The molecule has 0 aliphatic heterocycles. The minimum Gasteiger partial charge on any atom is -0.466 e. The first-order chi connectivity index (χ1) is 20.4. The van der Waals surface area contributed by atoms with Crippen LogP contribution >= 0.6 is 11.3 Å². The van der Waals surface area contributed by atoms with Crippen molar-refractivity contribution in [3.8, 4) is 0 Å². The van der Waals surface area contributed by atoms with Crippen LogP contribution in [-0.4, -0.2) is 38.2 Å². The molecule has 42 heavy (non-hydrogen) atoms. The van der Waals surface area contributed by atoms with Gasteiger partial charge in [-0.1, -0.05) is 36.3 Å². The number of anilines is 3. The summed E-state index contributed by atoms with van der Waals surface area (Å²) in [6.45, 7) is 4.63. The Labute approximate surface area is 247 Å². The van der Waals surface area contributed by atoms with Crippen molar-refractivity contribution in [1.29, 1.82) is 0 Å². The van der Waals surface area contributed by atoms with Crippen LogP contribution < -0.4 is 10.6 Å². The van der Waals surface area contributed by atoms with Crippen molar-refractivity contribution in [2.75, 3.05) is 17.2 Å². The van der Waals surface area contributed by atoms with E-state index in [4.69, 9.17) is 4.74 Å². The average Bonchev–Trinajstić information content (AvgIpc) is 3.51. The summed E-state index contributed by atoms with van der Waals surface area (Å²) in [6, 6.07) is 12.4. The molecule has 0 bridgehead atoms. The zero-order valence-electron chi connectivity index (χ0n) is 23.7. The normalized spacial score (nSPS) is 11.2. The number of halogens is 1. The highest BCUT2D eigenvalue weighted by Gasteiger charge is 2.17. The molecule has 2 N–H and O–H groups in total. The number of unbranched alkanes of at least 4 members (excludes halogenated alkanes) is 3. The van der Waals surface area contributed by atoms with E-state index in [-0.39, 0.29) is 17.7 Å². The number of ether oxygens (including phenoxy) is 1. The molecule has 9 nitrogen and oxygen atoms in total. The smallest absolute Gasteiger partial charge is 0.305 e. The van der Waals surface area contributed by atoms with Crippen LogP contribution in [0.3, 0.4) is 0 Å². The van der Waals surface area contributed by atoms with Crippen LogP contribution in [0.1, 0.15) is 56.6 Å². The fourth-order valence-corrected chi connectivity index (χ4v) is 5.92. The molecule has 0 aliphatic carbocycles. The highest BCUT2D eigenvalue weighted by Crippen LogP contribution is 2.38. The number of nitrogens with zero attached hydrogens (tertiary/aromatic N) is 4. The maximum absolute atomic E-state index is 13.6. The van der Waals surface area contributed by atoms with Crippen LogP contribution in [0.15, 0.2) is 55.0 Å². The molecule has 0 aliphatic rings. The number of fused-ring (bicyclic) bond motifs is 2. The Morgan fingerprint density at radius 2 is 1.88 bits per heavy atom. The van der Waals surface area contributed by atoms with Gasteiger partial charge in [0.25, 0.3) is 0 Å². The Hall–Kier alpha value is -4.38. The zero-order chi connectivity index (χ0) is 29.5. The highest BCUT2D eigenvalue weighted by molar-refractivity contribution is 7.22. The van der Waals surface area contributed by atoms with Crippen molar-refractivity contribution in [2.24, 2.45) is 0 Å². The predicted molar refractivity (Wildman–Crippen MR) is 164 cm³/mol. The second-order valence-corrected chi connectivity index (χ2v) is 11.1. The number of aromatic nitrogens is 4. The zero-order valence-corrected chi connectivity index (χ0v) is 24.5. The lowest BCUT2D eigenvalue weighted by atomic mass is 10.1. The van der Waals surface area contributed by atoms with Crippen molar-refractivity contribution in [1.82, 2.24) is 19.7 Å². The quantitative estimate of drug-likeness (QED) is 0.111. The van der Waals surface area contributed by atoms with Crippen LogP contribution in [0, 0.1) is 12.7 Å². The second-order valence-electron chi connectivity index (χ2n) is 10.1. The number of thiophene rings is 1. The molecule has 0 saturated heterocycles. The minimum absolute atomic E-state index is 0.0433. The van der Waals surface area contributed by atoms with Gasteiger partial charge in [-0.15, -0.1) is 0 Å². The van der Waals surface area contributed by atoms with E-state index in [0.717, 1.165) is 68.6 Å². The summed E-state index contributed by atoms with van der Waals surface area (Å²) in [6.07, 6.45) is 7.44. The van der Waals surface area contributed by atoms with E-state index in [9.17, 15) is 14.0 Å². The number of hydrogen-bond donors (Lipinski definition) is 2. The molecular formula is C31H33FN6O3S. The third kappa shape index (κ3) is 7.09. The van der Waals surface area contributed by atoms with Gasteiger partial charge in [0, 0.05) is 23.9 Å². The number of aryl methyl sites for hydroxylation is 1.